The Morgan fingerprint density at radius 3 is 2.84 bits per heavy atom. The molecule has 0 saturated carbocycles. The molecule has 0 aliphatic rings. The molecule has 0 fully saturated rings. The second kappa shape index (κ2) is 6.16. The summed E-state index contributed by atoms with van der Waals surface area (Å²) in [5, 5.41) is 2.77. The first kappa shape index (κ1) is 14.0. The van der Waals surface area contributed by atoms with Gasteiger partial charge in [0.15, 0.2) is 0 Å². The molecule has 2 aromatic rings. The zero-order chi connectivity index (χ0) is 13.8. The lowest BCUT2D eigenvalue weighted by molar-refractivity contribution is 0.102. The summed E-state index contributed by atoms with van der Waals surface area (Å²) >= 11 is 7.93. The number of nitrogens with zero attached hydrogens (tertiary/aromatic N) is 2. The molecule has 1 amide bonds. The highest BCUT2D eigenvalue weighted by atomic mass is 127. The summed E-state index contributed by atoms with van der Waals surface area (Å²) in [6.45, 7) is 0. The minimum Gasteiger partial charge on any atom is -0.481 e. The summed E-state index contributed by atoms with van der Waals surface area (Å²) in [4.78, 5) is 19.9. The number of anilines is 1. The molecule has 0 radical (unpaired) electrons. The molecular formula is C12H9ClIN3O2. The summed E-state index contributed by atoms with van der Waals surface area (Å²) < 4.78 is 5.92. The van der Waals surface area contributed by atoms with Gasteiger partial charge >= 0.3 is 0 Å². The molecule has 2 rings (SSSR count). The van der Waals surface area contributed by atoms with E-state index >= 15 is 0 Å². The normalized spacial score (nSPS) is 10.1. The van der Waals surface area contributed by atoms with Crippen molar-refractivity contribution >= 4 is 46.0 Å². The summed E-state index contributed by atoms with van der Waals surface area (Å²) in [5.74, 6) is 0.0917. The second-order valence-corrected chi connectivity index (χ2v) is 5.15. The van der Waals surface area contributed by atoms with E-state index in [0.717, 1.165) is 3.57 Å². The van der Waals surface area contributed by atoms with Gasteiger partial charge in [0, 0.05) is 15.2 Å². The summed E-state index contributed by atoms with van der Waals surface area (Å²) in [7, 11) is 1.46. The van der Waals surface area contributed by atoms with Crippen LogP contribution in [0.4, 0.5) is 5.95 Å². The minimum atomic E-state index is -0.303. The fourth-order valence-corrected chi connectivity index (χ4v) is 2.08. The lowest BCUT2D eigenvalue weighted by atomic mass is 10.2. The molecule has 0 aliphatic carbocycles. The third-order valence-electron chi connectivity index (χ3n) is 2.19. The Morgan fingerprint density at radius 1 is 1.37 bits per heavy atom. The van der Waals surface area contributed by atoms with Crippen LogP contribution in [0.5, 0.6) is 5.88 Å². The number of methoxy groups -OCH3 is 1. The predicted molar refractivity (Wildman–Crippen MR) is 80.7 cm³/mol. The van der Waals surface area contributed by atoms with Crippen LogP contribution in [0.15, 0.2) is 30.3 Å². The maximum absolute atomic E-state index is 12.0. The van der Waals surface area contributed by atoms with Gasteiger partial charge in [0.05, 0.1) is 7.11 Å². The molecule has 19 heavy (non-hydrogen) atoms. The Balaban J connectivity index is 2.21. The zero-order valence-corrected chi connectivity index (χ0v) is 12.8. The van der Waals surface area contributed by atoms with E-state index < -0.39 is 0 Å². The number of aromatic nitrogens is 2. The highest BCUT2D eigenvalue weighted by Crippen LogP contribution is 2.16. The van der Waals surface area contributed by atoms with Crippen molar-refractivity contribution in [3.05, 3.63) is 44.6 Å². The molecule has 0 aliphatic heterocycles. The Morgan fingerprint density at radius 2 is 2.16 bits per heavy atom. The number of hydrogen-bond acceptors (Lipinski definition) is 4. The van der Waals surface area contributed by atoms with Gasteiger partial charge in [0.1, 0.15) is 5.15 Å². The maximum atomic E-state index is 12.0. The van der Waals surface area contributed by atoms with Crippen LogP contribution in [0.1, 0.15) is 10.4 Å². The van der Waals surface area contributed by atoms with Crippen LogP contribution < -0.4 is 10.1 Å². The van der Waals surface area contributed by atoms with E-state index in [0.29, 0.717) is 5.56 Å². The van der Waals surface area contributed by atoms with E-state index in [2.05, 4.69) is 37.9 Å². The largest absolute Gasteiger partial charge is 0.481 e. The second-order valence-electron chi connectivity index (χ2n) is 3.52. The topological polar surface area (TPSA) is 64.1 Å². The molecule has 0 spiro atoms. The quantitative estimate of drug-likeness (QED) is 0.647. The number of hydrogen-bond donors (Lipinski definition) is 1. The average molecular weight is 390 g/mol. The van der Waals surface area contributed by atoms with Crippen molar-refractivity contribution in [2.75, 3.05) is 12.4 Å². The molecule has 5 nitrogen and oxygen atoms in total. The fourth-order valence-electron chi connectivity index (χ4n) is 1.36. The molecule has 1 heterocycles. The van der Waals surface area contributed by atoms with Gasteiger partial charge in [0.2, 0.25) is 11.8 Å². The molecule has 7 heteroatoms. The van der Waals surface area contributed by atoms with Crippen LogP contribution in [0.3, 0.4) is 0 Å². The van der Waals surface area contributed by atoms with Crippen molar-refractivity contribution in [3.8, 4) is 5.88 Å². The van der Waals surface area contributed by atoms with Crippen molar-refractivity contribution in [2.45, 2.75) is 0 Å². The number of halogens is 2. The van der Waals surface area contributed by atoms with Gasteiger partial charge < -0.3 is 4.74 Å². The third-order valence-corrected chi connectivity index (χ3v) is 3.06. The summed E-state index contributed by atoms with van der Waals surface area (Å²) in [6.07, 6.45) is 0. The maximum Gasteiger partial charge on any atom is 0.258 e. The molecule has 1 aromatic heterocycles. The van der Waals surface area contributed by atoms with Gasteiger partial charge in [-0.25, -0.2) is 4.98 Å². The van der Waals surface area contributed by atoms with Crippen LogP contribution in [-0.4, -0.2) is 23.0 Å². The predicted octanol–water partition coefficient (Wildman–Crippen LogP) is 3.00. The molecule has 1 aromatic carbocycles. The third kappa shape index (κ3) is 3.77. The summed E-state index contributed by atoms with van der Waals surface area (Å²) in [5.41, 5.74) is 0.523. The van der Waals surface area contributed by atoms with Crippen LogP contribution in [-0.2, 0) is 0 Å². The van der Waals surface area contributed by atoms with Crippen molar-refractivity contribution in [1.29, 1.82) is 0 Å². The molecule has 1 N–H and O–H groups in total. The Labute approximate surface area is 128 Å². The van der Waals surface area contributed by atoms with E-state index in [-0.39, 0.29) is 22.9 Å². The van der Waals surface area contributed by atoms with Crippen LogP contribution in [0.25, 0.3) is 0 Å². The van der Waals surface area contributed by atoms with Gasteiger partial charge in [0.25, 0.3) is 5.91 Å². The number of amides is 1. The standard InChI is InChI=1S/C12H9ClIN3O2/c1-19-10-6-9(13)15-12(16-10)17-11(18)7-3-2-4-8(14)5-7/h2-6H,1H3,(H,15,16,17,18). The van der Waals surface area contributed by atoms with Crippen molar-refractivity contribution < 1.29 is 9.53 Å². The lowest BCUT2D eigenvalue weighted by Gasteiger charge is -2.06. The lowest BCUT2D eigenvalue weighted by Crippen LogP contribution is -2.14. The smallest absolute Gasteiger partial charge is 0.258 e. The van der Waals surface area contributed by atoms with E-state index in [4.69, 9.17) is 16.3 Å². The summed E-state index contributed by atoms with van der Waals surface area (Å²) in [6, 6.07) is 8.63. The van der Waals surface area contributed by atoms with E-state index in [9.17, 15) is 4.79 Å². The van der Waals surface area contributed by atoms with Crippen LogP contribution >= 0.6 is 34.2 Å². The molecule has 0 unspecified atom stereocenters. The molecule has 0 bridgehead atoms. The Kier molecular flexibility index (Phi) is 4.54. The zero-order valence-electron chi connectivity index (χ0n) is 9.85. The number of carbonyl (C=O) groups excluding carboxylic acids is 1. The van der Waals surface area contributed by atoms with Crippen molar-refractivity contribution in [3.63, 3.8) is 0 Å². The van der Waals surface area contributed by atoms with E-state index in [1.54, 1.807) is 18.2 Å². The number of carbonyl (C=O) groups is 1. The number of nitrogens with one attached hydrogen (secondary N) is 1. The van der Waals surface area contributed by atoms with Gasteiger partial charge in [-0.2, -0.15) is 4.98 Å². The number of rotatable bonds is 3. The van der Waals surface area contributed by atoms with E-state index in [1.807, 2.05) is 6.07 Å². The van der Waals surface area contributed by atoms with Gasteiger partial charge in [-0.3, -0.25) is 10.1 Å². The van der Waals surface area contributed by atoms with Gasteiger partial charge in [-0.1, -0.05) is 17.7 Å². The van der Waals surface area contributed by atoms with E-state index in [1.165, 1.54) is 13.2 Å². The SMILES string of the molecule is COc1cc(Cl)nc(NC(=O)c2cccc(I)c2)n1. The average Bonchev–Trinajstić information content (AvgIpc) is 2.38. The molecule has 98 valence electrons. The molecule has 0 saturated heterocycles. The number of ether oxygens (including phenoxy) is 1. The first-order valence-electron chi connectivity index (χ1n) is 5.24. The highest BCUT2D eigenvalue weighted by molar-refractivity contribution is 14.1. The monoisotopic (exact) mass is 389 g/mol. The van der Waals surface area contributed by atoms with Gasteiger partial charge in [-0.05, 0) is 40.8 Å². The highest BCUT2D eigenvalue weighted by Gasteiger charge is 2.10. The fraction of sp³-hybridized carbons (Fsp3) is 0.0833. The molecule has 0 atom stereocenters. The van der Waals surface area contributed by atoms with Gasteiger partial charge in [-0.15, -0.1) is 0 Å². The van der Waals surface area contributed by atoms with Crippen LogP contribution in [0, 0.1) is 3.57 Å². The van der Waals surface area contributed by atoms with Crippen LogP contribution in [0.2, 0.25) is 5.15 Å². The first-order valence-corrected chi connectivity index (χ1v) is 6.69. The Bertz CT molecular complexity index is 622. The Hall–Kier alpha value is -1.41. The number of benzene rings is 1. The molecular weight excluding hydrogens is 381 g/mol. The minimum absolute atomic E-state index is 0.105. The first-order chi connectivity index (χ1) is 9.08. The van der Waals surface area contributed by atoms with Crippen molar-refractivity contribution in [1.82, 2.24) is 9.97 Å². The van der Waals surface area contributed by atoms with Crippen molar-refractivity contribution in [2.24, 2.45) is 0 Å².